The lowest BCUT2D eigenvalue weighted by Gasteiger charge is -2.13. The Morgan fingerprint density at radius 1 is 1.64 bits per heavy atom. The van der Waals surface area contributed by atoms with E-state index in [0.29, 0.717) is 12.1 Å². The molecule has 1 aliphatic carbocycles. The summed E-state index contributed by atoms with van der Waals surface area (Å²) in [5, 5.41) is 4.33. The molecule has 0 aromatic carbocycles. The van der Waals surface area contributed by atoms with Gasteiger partial charge in [-0.05, 0) is 19.3 Å². The second-order valence-electron chi connectivity index (χ2n) is 3.40. The van der Waals surface area contributed by atoms with Crippen molar-refractivity contribution in [2.75, 3.05) is 0 Å². The number of hydrogen-bond acceptors (Lipinski definition) is 3. The number of hydrogen-bond donors (Lipinski definition) is 1. The van der Waals surface area contributed by atoms with Crippen molar-refractivity contribution < 1.29 is 9.18 Å². The van der Waals surface area contributed by atoms with Crippen molar-refractivity contribution in [2.45, 2.75) is 31.5 Å². The Labute approximate surface area is 85.4 Å². The van der Waals surface area contributed by atoms with E-state index < -0.39 is 6.17 Å². The second kappa shape index (κ2) is 4.04. The normalized spacial score (nSPS) is 26.4. The molecule has 2 rings (SSSR count). The molecule has 0 saturated heterocycles. The first-order valence-corrected chi connectivity index (χ1v) is 5.55. The molecule has 1 heterocycles. The van der Waals surface area contributed by atoms with Crippen LogP contribution in [0.4, 0.5) is 4.39 Å². The van der Waals surface area contributed by atoms with E-state index >= 15 is 0 Å². The minimum absolute atomic E-state index is 0.263. The van der Waals surface area contributed by atoms with E-state index in [4.69, 9.17) is 0 Å². The van der Waals surface area contributed by atoms with Gasteiger partial charge < -0.3 is 5.32 Å². The number of nitrogens with zero attached hydrogens (tertiary/aromatic N) is 1. The lowest BCUT2D eigenvalue weighted by Crippen LogP contribution is -2.38. The molecule has 1 saturated carbocycles. The third-order valence-corrected chi connectivity index (χ3v) is 3.00. The Balaban J connectivity index is 1.95. The summed E-state index contributed by atoms with van der Waals surface area (Å²) in [7, 11) is 0. The van der Waals surface area contributed by atoms with Crippen molar-refractivity contribution >= 4 is 17.2 Å². The zero-order valence-electron chi connectivity index (χ0n) is 7.57. The van der Waals surface area contributed by atoms with E-state index in [9.17, 15) is 9.18 Å². The molecular weight excluding hydrogens is 203 g/mol. The Morgan fingerprint density at radius 3 is 3.07 bits per heavy atom. The molecule has 3 nitrogen and oxygen atoms in total. The van der Waals surface area contributed by atoms with Crippen LogP contribution in [0, 0.1) is 0 Å². The largest absolute Gasteiger partial charge is 0.345 e. The van der Waals surface area contributed by atoms with Gasteiger partial charge in [-0.15, -0.1) is 11.3 Å². The van der Waals surface area contributed by atoms with Crippen LogP contribution in [0.3, 0.4) is 0 Å². The molecular formula is C9H11FN2OS. The number of amides is 1. The number of rotatable bonds is 2. The molecule has 0 bridgehead atoms. The number of carbonyl (C=O) groups is 1. The Bertz CT molecular complexity index is 315. The van der Waals surface area contributed by atoms with Gasteiger partial charge in [-0.2, -0.15) is 0 Å². The van der Waals surface area contributed by atoms with Crippen LogP contribution in [0.15, 0.2) is 10.9 Å². The maximum Gasteiger partial charge on any atom is 0.271 e. The molecule has 1 aromatic rings. The smallest absolute Gasteiger partial charge is 0.271 e. The van der Waals surface area contributed by atoms with Gasteiger partial charge in [-0.1, -0.05) is 0 Å². The van der Waals surface area contributed by atoms with Crippen LogP contribution in [0.25, 0.3) is 0 Å². The molecule has 1 aliphatic rings. The van der Waals surface area contributed by atoms with Crippen molar-refractivity contribution in [1.82, 2.24) is 10.3 Å². The molecule has 1 amide bonds. The summed E-state index contributed by atoms with van der Waals surface area (Å²) in [6, 6.07) is -0.316. The predicted molar refractivity (Wildman–Crippen MR) is 52.1 cm³/mol. The Hall–Kier alpha value is -0.970. The fourth-order valence-electron chi connectivity index (χ4n) is 1.64. The zero-order valence-corrected chi connectivity index (χ0v) is 8.39. The van der Waals surface area contributed by atoms with Crippen molar-refractivity contribution in [1.29, 1.82) is 0 Å². The highest BCUT2D eigenvalue weighted by Crippen LogP contribution is 2.22. The highest BCUT2D eigenvalue weighted by atomic mass is 32.1. The number of halogens is 1. The van der Waals surface area contributed by atoms with Gasteiger partial charge in [0.15, 0.2) is 0 Å². The molecule has 5 heteroatoms. The van der Waals surface area contributed by atoms with Crippen LogP contribution in [0.5, 0.6) is 0 Å². The average Bonchev–Trinajstić information content (AvgIpc) is 2.77. The van der Waals surface area contributed by atoms with Gasteiger partial charge in [0, 0.05) is 5.38 Å². The summed E-state index contributed by atoms with van der Waals surface area (Å²) in [6.45, 7) is 0. The molecule has 0 spiro atoms. The third kappa shape index (κ3) is 1.92. The molecule has 2 atom stereocenters. The van der Waals surface area contributed by atoms with Crippen molar-refractivity contribution in [3.63, 3.8) is 0 Å². The van der Waals surface area contributed by atoms with E-state index in [-0.39, 0.29) is 11.9 Å². The van der Waals surface area contributed by atoms with Crippen LogP contribution < -0.4 is 5.32 Å². The zero-order chi connectivity index (χ0) is 9.97. The van der Waals surface area contributed by atoms with Crippen molar-refractivity contribution in [3.05, 3.63) is 16.6 Å². The quantitative estimate of drug-likeness (QED) is 0.815. The lowest BCUT2D eigenvalue weighted by molar-refractivity contribution is 0.0915. The molecule has 14 heavy (non-hydrogen) atoms. The van der Waals surface area contributed by atoms with Gasteiger partial charge in [0.25, 0.3) is 5.91 Å². The highest BCUT2D eigenvalue weighted by Gasteiger charge is 2.28. The number of nitrogens with one attached hydrogen (secondary N) is 1. The van der Waals surface area contributed by atoms with Gasteiger partial charge in [-0.25, -0.2) is 9.37 Å². The van der Waals surface area contributed by atoms with Crippen LogP contribution in [0.2, 0.25) is 0 Å². The molecule has 1 fully saturated rings. The molecule has 0 radical (unpaired) electrons. The van der Waals surface area contributed by atoms with Crippen LogP contribution in [-0.2, 0) is 0 Å². The van der Waals surface area contributed by atoms with E-state index in [1.54, 1.807) is 10.9 Å². The SMILES string of the molecule is O=C(N[C@@H]1CCC[C@@H]1F)c1cscn1. The van der Waals surface area contributed by atoms with Gasteiger partial charge in [0.1, 0.15) is 11.9 Å². The number of carbonyl (C=O) groups excluding carboxylic acids is 1. The first-order valence-electron chi connectivity index (χ1n) is 4.60. The summed E-state index contributed by atoms with van der Waals surface area (Å²) in [6.07, 6.45) is 1.25. The topological polar surface area (TPSA) is 42.0 Å². The average molecular weight is 214 g/mol. The fraction of sp³-hybridized carbons (Fsp3) is 0.556. The maximum atomic E-state index is 13.2. The Morgan fingerprint density at radius 2 is 2.50 bits per heavy atom. The number of aromatic nitrogens is 1. The van der Waals surface area contributed by atoms with Crippen LogP contribution in [0.1, 0.15) is 29.8 Å². The van der Waals surface area contributed by atoms with Crippen molar-refractivity contribution in [2.24, 2.45) is 0 Å². The van der Waals surface area contributed by atoms with E-state index in [0.717, 1.165) is 12.8 Å². The minimum atomic E-state index is -0.891. The van der Waals surface area contributed by atoms with Crippen LogP contribution in [-0.4, -0.2) is 23.1 Å². The highest BCUT2D eigenvalue weighted by molar-refractivity contribution is 7.07. The predicted octanol–water partition coefficient (Wildman–Crippen LogP) is 1.76. The van der Waals surface area contributed by atoms with Gasteiger partial charge >= 0.3 is 0 Å². The van der Waals surface area contributed by atoms with Crippen molar-refractivity contribution in [3.8, 4) is 0 Å². The lowest BCUT2D eigenvalue weighted by atomic mass is 10.2. The monoisotopic (exact) mass is 214 g/mol. The van der Waals surface area contributed by atoms with E-state index in [1.165, 1.54) is 11.3 Å². The minimum Gasteiger partial charge on any atom is -0.345 e. The molecule has 0 unspecified atom stereocenters. The van der Waals surface area contributed by atoms with E-state index in [1.807, 2.05) is 0 Å². The number of alkyl halides is 1. The summed E-state index contributed by atoms with van der Waals surface area (Å²) in [5.74, 6) is -0.263. The third-order valence-electron chi connectivity index (χ3n) is 2.41. The molecule has 76 valence electrons. The summed E-state index contributed by atoms with van der Waals surface area (Å²) in [4.78, 5) is 15.3. The summed E-state index contributed by atoms with van der Waals surface area (Å²) >= 11 is 1.36. The Kier molecular flexibility index (Phi) is 2.77. The van der Waals surface area contributed by atoms with Crippen LogP contribution >= 0.6 is 11.3 Å². The number of thiazole rings is 1. The fourth-order valence-corrected chi connectivity index (χ4v) is 2.18. The van der Waals surface area contributed by atoms with E-state index in [2.05, 4.69) is 10.3 Å². The van der Waals surface area contributed by atoms with Gasteiger partial charge in [-0.3, -0.25) is 4.79 Å². The van der Waals surface area contributed by atoms with Gasteiger partial charge in [0.2, 0.25) is 0 Å². The molecule has 0 aliphatic heterocycles. The first kappa shape index (κ1) is 9.58. The maximum absolute atomic E-state index is 13.2. The summed E-state index contributed by atoms with van der Waals surface area (Å²) in [5.41, 5.74) is 1.98. The second-order valence-corrected chi connectivity index (χ2v) is 4.12. The molecule has 1 N–H and O–H groups in total. The van der Waals surface area contributed by atoms with Gasteiger partial charge in [0.05, 0.1) is 11.6 Å². The standard InChI is InChI=1S/C9H11FN2OS/c10-6-2-1-3-7(6)12-9(13)8-4-14-5-11-8/h4-7H,1-3H2,(H,12,13)/t6-,7+/m0/s1. The first-order chi connectivity index (χ1) is 6.77. The summed E-state index contributed by atoms with van der Waals surface area (Å²) < 4.78 is 13.2. The molecule has 1 aromatic heterocycles.